The van der Waals surface area contributed by atoms with Crippen LogP contribution in [-0.4, -0.2) is 28.0 Å². The molecule has 5 heteroatoms. The average molecular weight is 401 g/mol. The molecule has 2 aromatic carbocycles. The van der Waals surface area contributed by atoms with Crippen LogP contribution in [0.15, 0.2) is 42.6 Å². The van der Waals surface area contributed by atoms with Crippen LogP contribution in [0, 0.1) is 6.92 Å². The predicted molar refractivity (Wildman–Crippen MR) is 121 cm³/mol. The summed E-state index contributed by atoms with van der Waals surface area (Å²) in [5, 5.41) is 7.58. The molecule has 0 aliphatic heterocycles. The lowest BCUT2D eigenvalue weighted by atomic mass is 9.96. The van der Waals surface area contributed by atoms with Gasteiger partial charge in [-0.25, -0.2) is 9.97 Å². The van der Waals surface area contributed by atoms with Crippen molar-refractivity contribution in [3.8, 4) is 11.1 Å². The van der Waals surface area contributed by atoms with E-state index in [1.54, 1.807) is 0 Å². The van der Waals surface area contributed by atoms with E-state index in [1.165, 1.54) is 32.1 Å². The van der Waals surface area contributed by atoms with Gasteiger partial charge in [-0.05, 0) is 73.6 Å². The molecule has 2 saturated carbocycles. The quantitative estimate of drug-likeness (QED) is 0.614. The Morgan fingerprint density at radius 1 is 0.967 bits per heavy atom. The van der Waals surface area contributed by atoms with Crippen molar-refractivity contribution in [1.82, 2.24) is 15.3 Å². The fourth-order valence-corrected chi connectivity index (χ4v) is 4.27. The maximum atomic E-state index is 12.5. The highest BCUT2D eigenvalue weighted by Gasteiger charge is 2.24. The molecular weight excluding hydrogens is 372 g/mol. The van der Waals surface area contributed by atoms with Gasteiger partial charge in [0.05, 0.1) is 5.52 Å². The second kappa shape index (κ2) is 8.05. The lowest BCUT2D eigenvalue weighted by Gasteiger charge is -2.22. The minimum absolute atomic E-state index is 0.0151. The number of nitrogens with zero attached hydrogens (tertiary/aromatic N) is 2. The summed E-state index contributed by atoms with van der Waals surface area (Å²) in [5.74, 6) is 0.735. The first-order chi connectivity index (χ1) is 14.7. The predicted octanol–water partition coefficient (Wildman–Crippen LogP) is 5.24. The monoisotopic (exact) mass is 400 g/mol. The largest absolute Gasteiger partial charge is 0.351 e. The van der Waals surface area contributed by atoms with Crippen LogP contribution in [0.4, 0.5) is 5.95 Å². The minimum atomic E-state index is 0.0151. The topological polar surface area (TPSA) is 66.9 Å². The summed E-state index contributed by atoms with van der Waals surface area (Å²) in [7, 11) is 0. The molecule has 2 aliphatic rings. The zero-order valence-electron chi connectivity index (χ0n) is 17.4. The molecule has 0 spiro atoms. The van der Waals surface area contributed by atoms with E-state index >= 15 is 0 Å². The summed E-state index contributed by atoms with van der Waals surface area (Å²) in [6, 6.07) is 13.0. The molecule has 1 heterocycles. The molecule has 2 fully saturated rings. The number of amides is 1. The summed E-state index contributed by atoms with van der Waals surface area (Å²) in [5.41, 5.74) is 4.95. The van der Waals surface area contributed by atoms with Crippen molar-refractivity contribution in [3.63, 3.8) is 0 Å². The molecule has 1 amide bonds. The SMILES string of the molecule is Cc1ccc(C(=O)NC2CC2)cc1-c1ccc2nc(NC3CCCCC3)ncc2c1. The molecule has 0 radical (unpaired) electrons. The van der Waals surface area contributed by atoms with Crippen LogP contribution in [-0.2, 0) is 0 Å². The molecule has 2 aliphatic carbocycles. The van der Waals surface area contributed by atoms with Gasteiger partial charge in [0.15, 0.2) is 0 Å². The van der Waals surface area contributed by atoms with Gasteiger partial charge in [0.25, 0.3) is 5.91 Å². The van der Waals surface area contributed by atoms with Crippen LogP contribution in [0.3, 0.4) is 0 Å². The molecule has 5 nitrogen and oxygen atoms in total. The Hall–Kier alpha value is -2.95. The number of fused-ring (bicyclic) bond motifs is 1. The van der Waals surface area contributed by atoms with E-state index in [0.29, 0.717) is 17.6 Å². The van der Waals surface area contributed by atoms with Crippen LogP contribution in [0.5, 0.6) is 0 Å². The third kappa shape index (κ3) is 4.16. The highest BCUT2D eigenvalue weighted by atomic mass is 16.1. The van der Waals surface area contributed by atoms with Crippen LogP contribution in [0.2, 0.25) is 0 Å². The van der Waals surface area contributed by atoms with Gasteiger partial charge in [0.2, 0.25) is 5.95 Å². The van der Waals surface area contributed by atoms with E-state index in [1.807, 2.05) is 24.4 Å². The standard InChI is InChI=1S/C25H28N4O/c1-16-7-8-18(24(30)27-21-10-11-21)14-22(16)17-9-12-23-19(13-17)15-26-25(29-23)28-20-5-3-2-4-6-20/h7-9,12-15,20-21H,2-6,10-11H2,1H3,(H,27,30)(H,26,28,29). The van der Waals surface area contributed by atoms with Crippen LogP contribution < -0.4 is 10.6 Å². The Kier molecular flexibility index (Phi) is 5.11. The van der Waals surface area contributed by atoms with Crippen LogP contribution in [0.25, 0.3) is 22.0 Å². The first-order valence-electron chi connectivity index (χ1n) is 11.1. The summed E-state index contributed by atoms with van der Waals surface area (Å²) in [6.07, 6.45) is 10.4. The molecule has 0 bridgehead atoms. The van der Waals surface area contributed by atoms with E-state index in [-0.39, 0.29) is 5.91 Å². The molecule has 0 atom stereocenters. The third-order valence-electron chi connectivity index (χ3n) is 6.24. The van der Waals surface area contributed by atoms with Crippen molar-refractivity contribution in [2.45, 2.75) is 64.0 Å². The molecule has 30 heavy (non-hydrogen) atoms. The summed E-state index contributed by atoms with van der Waals surface area (Å²) in [6.45, 7) is 2.08. The number of carbonyl (C=O) groups excluding carboxylic acids is 1. The molecule has 3 aromatic rings. The number of nitrogens with one attached hydrogen (secondary N) is 2. The normalized spacial score (nSPS) is 17.1. The summed E-state index contributed by atoms with van der Waals surface area (Å²) in [4.78, 5) is 21.7. The molecular formula is C25H28N4O. The smallest absolute Gasteiger partial charge is 0.251 e. The van der Waals surface area contributed by atoms with Crippen molar-refractivity contribution in [2.24, 2.45) is 0 Å². The Bertz CT molecular complexity index is 1080. The summed E-state index contributed by atoms with van der Waals surface area (Å²) < 4.78 is 0. The van der Waals surface area contributed by atoms with E-state index in [4.69, 9.17) is 4.98 Å². The zero-order chi connectivity index (χ0) is 20.5. The zero-order valence-corrected chi connectivity index (χ0v) is 17.4. The van der Waals surface area contributed by atoms with Gasteiger partial charge in [0.1, 0.15) is 0 Å². The number of hydrogen-bond donors (Lipinski definition) is 2. The van der Waals surface area contributed by atoms with Crippen LogP contribution in [0.1, 0.15) is 60.9 Å². The summed E-state index contributed by atoms with van der Waals surface area (Å²) >= 11 is 0. The second-order valence-corrected chi connectivity index (χ2v) is 8.72. The van der Waals surface area contributed by atoms with E-state index < -0.39 is 0 Å². The molecule has 1 aromatic heterocycles. The Balaban J connectivity index is 1.40. The highest BCUT2D eigenvalue weighted by Crippen LogP contribution is 2.29. The number of anilines is 1. The van der Waals surface area contributed by atoms with E-state index in [9.17, 15) is 4.79 Å². The number of aromatic nitrogens is 2. The van der Waals surface area contributed by atoms with Crippen molar-refractivity contribution in [2.75, 3.05) is 5.32 Å². The van der Waals surface area contributed by atoms with Gasteiger partial charge in [0, 0.05) is 29.2 Å². The van der Waals surface area contributed by atoms with Gasteiger partial charge in [-0.1, -0.05) is 31.4 Å². The highest BCUT2D eigenvalue weighted by molar-refractivity contribution is 5.96. The van der Waals surface area contributed by atoms with Crippen molar-refractivity contribution in [1.29, 1.82) is 0 Å². The fraction of sp³-hybridized carbons (Fsp3) is 0.400. The molecule has 2 N–H and O–H groups in total. The molecule has 5 rings (SSSR count). The average Bonchev–Trinajstić information content (AvgIpc) is 3.58. The van der Waals surface area contributed by atoms with Crippen molar-refractivity contribution in [3.05, 3.63) is 53.7 Å². The Morgan fingerprint density at radius 3 is 2.60 bits per heavy atom. The van der Waals surface area contributed by atoms with E-state index in [2.05, 4.69) is 40.7 Å². The molecule has 0 unspecified atom stereocenters. The lowest BCUT2D eigenvalue weighted by Crippen LogP contribution is -2.25. The van der Waals surface area contributed by atoms with Crippen molar-refractivity contribution >= 4 is 22.8 Å². The number of carbonyl (C=O) groups is 1. The lowest BCUT2D eigenvalue weighted by molar-refractivity contribution is 0.0951. The fourth-order valence-electron chi connectivity index (χ4n) is 4.27. The number of hydrogen-bond acceptors (Lipinski definition) is 4. The third-order valence-corrected chi connectivity index (χ3v) is 6.24. The number of aryl methyl sites for hydroxylation is 1. The first kappa shape index (κ1) is 19.0. The Labute approximate surface area is 177 Å². The maximum Gasteiger partial charge on any atom is 0.251 e. The van der Waals surface area contributed by atoms with Gasteiger partial charge < -0.3 is 10.6 Å². The van der Waals surface area contributed by atoms with Gasteiger partial charge >= 0.3 is 0 Å². The maximum absolute atomic E-state index is 12.5. The number of rotatable bonds is 5. The molecule has 0 saturated heterocycles. The molecule has 154 valence electrons. The first-order valence-corrected chi connectivity index (χ1v) is 11.1. The Morgan fingerprint density at radius 2 is 1.80 bits per heavy atom. The minimum Gasteiger partial charge on any atom is -0.351 e. The van der Waals surface area contributed by atoms with E-state index in [0.717, 1.165) is 46.4 Å². The van der Waals surface area contributed by atoms with Crippen LogP contribution >= 0.6 is 0 Å². The van der Waals surface area contributed by atoms with Gasteiger partial charge in [-0.3, -0.25) is 4.79 Å². The number of benzene rings is 2. The van der Waals surface area contributed by atoms with Gasteiger partial charge in [-0.2, -0.15) is 0 Å². The van der Waals surface area contributed by atoms with Crippen molar-refractivity contribution < 1.29 is 4.79 Å². The second-order valence-electron chi connectivity index (χ2n) is 8.72. The van der Waals surface area contributed by atoms with Gasteiger partial charge in [-0.15, -0.1) is 0 Å².